The molecule has 0 N–H and O–H groups in total. The summed E-state index contributed by atoms with van der Waals surface area (Å²) in [6.07, 6.45) is -2.45. The fourth-order valence-electron chi connectivity index (χ4n) is 2.32. The lowest BCUT2D eigenvalue weighted by atomic mass is 10.2. The normalized spacial score (nSPS) is 15.9. The highest BCUT2D eigenvalue weighted by atomic mass is 19.4. The van der Waals surface area contributed by atoms with E-state index in [0.29, 0.717) is 17.8 Å². The summed E-state index contributed by atoms with van der Waals surface area (Å²) in [6.45, 7) is 4.92. The molecule has 0 spiro atoms. The van der Waals surface area contributed by atoms with Gasteiger partial charge in [-0.3, -0.25) is 0 Å². The monoisotopic (exact) mass is 299 g/mol. The Labute approximate surface area is 119 Å². The van der Waals surface area contributed by atoms with E-state index in [1.807, 2.05) is 0 Å². The highest BCUT2D eigenvalue weighted by molar-refractivity contribution is 5.47. The van der Waals surface area contributed by atoms with E-state index in [0.717, 1.165) is 23.9 Å². The van der Waals surface area contributed by atoms with Crippen molar-refractivity contribution < 1.29 is 13.2 Å². The van der Waals surface area contributed by atoms with E-state index in [2.05, 4.69) is 34.0 Å². The molecule has 1 aliphatic rings. The summed E-state index contributed by atoms with van der Waals surface area (Å²) in [6, 6.07) is 3.62. The zero-order valence-corrected chi connectivity index (χ0v) is 11.8. The predicted octanol–water partition coefficient (Wildman–Crippen LogP) is 2.77. The number of nitrogens with zero attached hydrogens (tertiary/aromatic N) is 5. The summed E-state index contributed by atoms with van der Waals surface area (Å²) in [5.41, 5.74) is 0.103. The Balaban J connectivity index is 2.02. The average molecular weight is 299 g/mol. The van der Waals surface area contributed by atoms with Gasteiger partial charge in [0.2, 0.25) is 0 Å². The smallest absolute Gasteiger partial charge is 0.352 e. The number of hydrogen-bond acceptors (Lipinski definition) is 4. The van der Waals surface area contributed by atoms with Crippen LogP contribution in [-0.4, -0.2) is 32.4 Å². The maximum Gasteiger partial charge on any atom is 0.453 e. The van der Waals surface area contributed by atoms with E-state index in [9.17, 15) is 13.2 Å². The average Bonchev–Trinajstić information content (AvgIpc) is 3.12. The molecular weight excluding hydrogens is 283 g/mol. The maximum absolute atomic E-state index is 12.9. The quantitative estimate of drug-likeness (QED) is 0.871. The Bertz CT molecular complexity index is 645. The molecule has 0 bridgehead atoms. The summed E-state index contributed by atoms with van der Waals surface area (Å²) >= 11 is 0. The van der Waals surface area contributed by atoms with Crippen LogP contribution in [0.3, 0.4) is 0 Å². The fraction of sp³-hybridized carbons (Fsp3) is 0.615. The van der Waals surface area contributed by atoms with Crippen molar-refractivity contribution in [2.75, 3.05) is 11.4 Å². The Kier molecular flexibility index (Phi) is 3.26. The van der Waals surface area contributed by atoms with Crippen molar-refractivity contribution >= 4 is 11.5 Å². The second kappa shape index (κ2) is 4.85. The van der Waals surface area contributed by atoms with Crippen LogP contribution in [0.25, 0.3) is 5.65 Å². The number of rotatable bonds is 4. The van der Waals surface area contributed by atoms with Crippen molar-refractivity contribution in [2.24, 2.45) is 5.92 Å². The SMILES string of the molecule is CC(C)CN(c1ccc2nnc(C(F)(F)F)n2n1)C1CC1. The van der Waals surface area contributed by atoms with Gasteiger partial charge in [-0.2, -0.15) is 17.7 Å². The molecule has 0 aromatic carbocycles. The van der Waals surface area contributed by atoms with E-state index in [4.69, 9.17) is 0 Å². The van der Waals surface area contributed by atoms with Gasteiger partial charge >= 0.3 is 6.18 Å². The maximum atomic E-state index is 12.9. The minimum absolute atomic E-state index is 0.103. The van der Waals surface area contributed by atoms with E-state index in [1.165, 1.54) is 6.07 Å². The van der Waals surface area contributed by atoms with Gasteiger partial charge in [0.25, 0.3) is 5.82 Å². The van der Waals surface area contributed by atoms with Crippen molar-refractivity contribution in [3.8, 4) is 0 Å². The summed E-state index contributed by atoms with van der Waals surface area (Å²) in [5, 5.41) is 10.8. The molecule has 0 saturated heterocycles. The van der Waals surface area contributed by atoms with Gasteiger partial charge in [0.05, 0.1) is 0 Å². The molecule has 0 unspecified atom stereocenters. The van der Waals surface area contributed by atoms with E-state index < -0.39 is 12.0 Å². The minimum atomic E-state index is -4.56. The number of aromatic nitrogens is 4. The molecule has 0 aliphatic heterocycles. The van der Waals surface area contributed by atoms with E-state index in [1.54, 1.807) is 6.07 Å². The van der Waals surface area contributed by atoms with Crippen LogP contribution in [0.4, 0.5) is 19.0 Å². The van der Waals surface area contributed by atoms with Crippen LogP contribution in [-0.2, 0) is 6.18 Å². The Hall–Kier alpha value is -1.86. The number of hydrogen-bond donors (Lipinski definition) is 0. The zero-order chi connectivity index (χ0) is 15.2. The molecule has 2 aromatic rings. The molecule has 0 radical (unpaired) electrons. The molecule has 0 atom stereocenters. The number of alkyl halides is 3. The van der Waals surface area contributed by atoms with E-state index >= 15 is 0 Å². The van der Waals surface area contributed by atoms with Gasteiger partial charge < -0.3 is 4.90 Å². The van der Waals surface area contributed by atoms with Crippen molar-refractivity contribution in [3.05, 3.63) is 18.0 Å². The standard InChI is InChI=1S/C13H16F3N5/c1-8(2)7-20(9-3-4-9)11-6-5-10-17-18-12(13(14,15)16)21(10)19-11/h5-6,8-9H,3-4,7H2,1-2H3. The first-order chi connectivity index (χ1) is 9.86. The lowest BCUT2D eigenvalue weighted by Crippen LogP contribution is -2.31. The third-order valence-corrected chi connectivity index (χ3v) is 3.35. The fourth-order valence-corrected chi connectivity index (χ4v) is 2.32. The largest absolute Gasteiger partial charge is 0.453 e. The van der Waals surface area contributed by atoms with Gasteiger partial charge in [-0.1, -0.05) is 13.8 Å². The third kappa shape index (κ3) is 2.79. The molecule has 1 fully saturated rings. The van der Waals surface area contributed by atoms with Crippen LogP contribution < -0.4 is 4.90 Å². The molecule has 1 saturated carbocycles. The summed E-state index contributed by atoms with van der Waals surface area (Å²) in [7, 11) is 0. The minimum Gasteiger partial charge on any atom is -0.352 e. The zero-order valence-electron chi connectivity index (χ0n) is 11.8. The van der Waals surface area contributed by atoms with E-state index in [-0.39, 0.29) is 5.65 Å². The van der Waals surface area contributed by atoms with Gasteiger partial charge in [-0.25, -0.2) is 0 Å². The molecule has 2 heterocycles. The summed E-state index contributed by atoms with van der Waals surface area (Å²) in [5.74, 6) is -0.130. The van der Waals surface area contributed by atoms with Crippen molar-refractivity contribution in [2.45, 2.75) is 38.9 Å². The van der Waals surface area contributed by atoms with Crippen LogP contribution in [0.2, 0.25) is 0 Å². The molecule has 114 valence electrons. The molecule has 5 nitrogen and oxygen atoms in total. The highest BCUT2D eigenvalue weighted by Gasteiger charge is 2.38. The van der Waals surface area contributed by atoms with Gasteiger partial charge in [0.15, 0.2) is 5.65 Å². The molecule has 0 amide bonds. The molecule has 3 rings (SSSR count). The first-order valence-electron chi connectivity index (χ1n) is 6.92. The van der Waals surface area contributed by atoms with Crippen molar-refractivity contribution in [3.63, 3.8) is 0 Å². The topological polar surface area (TPSA) is 46.3 Å². The van der Waals surface area contributed by atoms with Crippen molar-refractivity contribution in [1.29, 1.82) is 0 Å². The third-order valence-electron chi connectivity index (χ3n) is 3.35. The Morgan fingerprint density at radius 1 is 1.29 bits per heavy atom. The van der Waals surface area contributed by atoms with Crippen LogP contribution in [0.5, 0.6) is 0 Å². The lowest BCUT2D eigenvalue weighted by Gasteiger charge is -2.25. The Morgan fingerprint density at radius 2 is 2.00 bits per heavy atom. The molecule has 8 heteroatoms. The van der Waals surface area contributed by atoms with Crippen LogP contribution in [0, 0.1) is 5.92 Å². The van der Waals surface area contributed by atoms with Crippen LogP contribution in [0.15, 0.2) is 12.1 Å². The predicted molar refractivity (Wildman–Crippen MR) is 71.0 cm³/mol. The number of fused-ring (bicyclic) bond motifs is 1. The van der Waals surface area contributed by atoms with Gasteiger partial charge in [-0.05, 0) is 30.9 Å². The Morgan fingerprint density at radius 3 is 2.57 bits per heavy atom. The van der Waals surface area contributed by atoms with Gasteiger partial charge in [-0.15, -0.1) is 15.3 Å². The summed E-state index contributed by atoms with van der Waals surface area (Å²) in [4.78, 5) is 2.07. The second-order valence-corrected chi connectivity index (χ2v) is 5.76. The lowest BCUT2D eigenvalue weighted by molar-refractivity contribution is -0.146. The van der Waals surface area contributed by atoms with Gasteiger partial charge in [0, 0.05) is 12.6 Å². The van der Waals surface area contributed by atoms with Gasteiger partial charge in [0.1, 0.15) is 5.82 Å². The molecule has 1 aliphatic carbocycles. The second-order valence-electron chi connectivity index (χ2n) is 5.76. The molecular formula is C13H16F3N5. The molecule has 2 aromatic heterocycles. The number of halogens is 3. The highest BCUT2D eigenvalue weighted by Crippen LogP contribution is 2.32. The summed E-state index contributed by atoms with van der Waals surface area (Å²) < 4.78 is 39.4. The van der Waals surface area contributed by atoms with Crippen LogP contribution >= 0.6 is 0 Å². The van der Waals surface area contributed by atoms with Crippen LogP contribution in [0.1, 0.15) is 32.5 Å². The van der Waals surface area contributed by atoms with Crippen molar-refractivity contribution in [1.82, 2.24) is 19.8 Å². The molecule has 21 heavy (non-hydrogen) atoms. The first-order valence-corrected chi connectivity index (χ1v) is 6.92. The first kappa shape index (κ1) is 14.1. The number of anilines is 1.